The van der Waals surface area contributed by atoms with E-state index in [0.29, 0.717) is 0 Å². The van der Waals surface area contributed by atoms with Crippen molar-refractivity contribution in [2.24, 2.45) is 7.05 Å². The number of nitrogens with one attached hydrogen (secondary N) is 1. The van der Waals surface area contributed by atoms with Gasteiger partial charge in [0.2, 0.25) is 0 Å². The van der Waals surface area contributed by atoms with Crippen LogP contribution >= 0.6 is 0 Å². The van der Waals surface area contributed by atoms with E-state index in [4.69, 9.17) is 0 Å². The lowest BCUT2D eigenvalue weighted by atomic mass is 10.0. The summed E-state index contributed by atoms with van der Waals surface area (Å²) in [6.07, 6.45) is 6.80. The Hall–Kier alpha value is -1.68. The molecular weight excluding hydrogens is 248 g/mol. The SMILES string of the molecule is CCCNC(Cc1cccnc1)c1cc(CC)nn1C. The van der Waals surface area contributed by atoms with Crippen LogP contribution in [0.3, 0.4) is 0 Å². The van der Waals surface area contributed by atoms with Crippen LogP contribution in [0.1, 0.15) is 43.3 Å². The standard InChI is InChI=1S/C16H24N4/c1-4-8-18-15(10-13-7-6-9-17-12-13)16-11-14(5-2)19-20(16)3/h6-7,9,11-12,15,18H,4-5,8,10H2,1-3H3. The minimum atomic E-state index is 0.289. The molecule has 0 saturated heterocycles. The van der Waals surface area contributed by atoms with Crippen LogP contribution in [-0.4, -0.2) is 21.3 Å². The van der Waals surface area contributed by atoms with Gasteiger partial charge in [-0.2, -0.15) is 5.10 Å². The van der Waals surface area contributed by atoms with Gasteiger partial charge in [-0.1, -0.05) is 19.9 Å². The van der Waals surface area contributed by atoms with E-state index in [1.54, 1.807) is 0 Å². The number of nitrogens with zero attached hydrogens (tertiary/aromatic N) is 3. The van der Waals surface area contributed by atoms with Crippen LogP contribution in [0, 0.1) is 0 Å². The van der Waals surface area contributed by atoms with Gasteiger partial charge in [0.05, 0.1) is 17.4 Å². The van der Waals surface area contributed by atoms with Gasteiger partial charge in [-0.25, -0.2) is 0 Å². The Kier molecular flexibility index (Phi) is 5.30. The number of pyridine rings is 1. The highest BCUT2D eigenvalue weighted by Gasteiger charge is 2.16. The lowest BCUT2D eigenvalue weighted by Gasteiger charge is -2.18. The van der Waals surface area contributed by atoms with E-state index in [2.05, 4.69) is 41.4 Å². The van der Waals surface area contributed by atoms with Crippen molar-refractivity contribution in [2.75, 3.05) is 6.54 Å². The Morgan fingerprint density at radius 1 is 1.35 bits per heavy atom. The minimum Gasteiger partial charge on any atom is -0.308 e. The van der Waals surface area contributed by atoms with E-state index in [-0.39, 0.29) is 6.04 Å². The summed E-state index contributed by atoms with van der Waals surface area (Å²) in [4.78, 5) is 4.21. The molecule has 4 heteroatoms. The number of hydrogen-bond acceptors (Lipinski definition) is 3. The second-order valence-electron chi connectivity index (χ2n) is 5.11. The van der Waals surface area contributed by atoms with Crippen molar-refractivity contribution in [3.05, 3.63) is 47.5 Å². The maximum atomic E-state index is 4.56. The largest absolute Gasteiger partial charge is 0.308 e. The normalized spacial score (nSPS) is 12.6. The molecule has 0 aliphatic carbocycles. The van der Waals surface area contributed by atoms with Crippen molar-refractivity contribution in [1.82, 2.24) is 20.1 Å². The molecule has 20 heavy (non-hydrogen) atoms. The molecular formula is C16H24N4. The summed E-state index contributed by atoms with van der Waals surface area (Å²) in [7, 11) is 2.03. The smallest absolute Gasteiger partial charge is 0.0625 e. The highest BCUT2D eigenvalue weighted by Crippen LogP contribution is 2.19. The fourth-order valence-electron chi connectivity index (χ4n) is 2.40. The summed E-state index contributed by atoms with van der Waals surface area (Å²) in [6, 6.07) is 6.62. The summed E-state index contributed by atoms with van der Waals surface area (Å²) < 4.78 is 2.00. The molecule has 1 N–H and O–H groups in total. The molecule has 0 bridgehead atoms. The van der Waals surface area contributed by atoms with E-state index >= 15 is 0 Å². The predicted molar refractivity (Wildman–Crippen MR) is 81.6 cm³/mol. The molecule has 108 valence electrons. The molecule has 0 aromatic carbocycles. The third-order valence-corrected chi connectivity index (χ3v) is 3.49. The number of rotatable bonds is 7. The molecule has 0 aliphatic rings. The van der Waals surface area contributed by atoms with Crippen LogP contribution < -0.4 is 5.32 Å². The van der Waals surface area contributed by atoms with Crippen LogP contribution in [0.25, 0.3) is 0 Å². The molecule has 2 rings (SSSR count). The minimum absolute atomic E-state index is 0.289. The van der Waals surface area contributed by atoms with Crippen LogP contribution in [0.15, 0.2) is 30.6 Å². The summed E-state index contributed by atoms with van der Waals surface area (Å²) in [6.45, 7) is 5.34. The third kappa shape index (κ3) is 3.67. The van der Waals surface area contributed by atoms with Crippen molar-refractivity contribution >= 4 is 0 Å². The topological polar surface area (TPSA) is 42.7 Å². The Balaban J connectivity index is 2.20. The number of aromatic nitrogens is 3. The van der Waals surface area contributed by atoms with E-state index in [9.17, 15) is 0 Å². The van der Waals surface area contributed by atoms with Gasteiger partial charge in [0, 0.05) is 19.4 Å². The molecule has 0 spiro atoms. The fraction of sp³-hybridized carbons (Fsp3) is 0.500. The van der Waals surface area contributed by atoms with Crippen LogP contribution in [0.2, 0.25) is 0 Å². The first-order chi connectivity index (χ1) is 9.74. The van der Waals surface area contributed by atoms with E-state index < -0.39 is 0 Å². The maximum Gasteiger partial charge on any atom is 0.0625 e. The average Bonchev–Trinajstić information content (AvgIpc) is 2.86. The van der Waals surface area contributed by atoms with E-state index in [1.807, 2.05) is 30.2 Å². The molecule has 0 fully saturated rings. The predicted octanol–water partition coefficient (Wildman–Crippen LogP) is 2.66. The quantitative estimate of drug-likeness (QED) is 0.842. The van der Waals surface area contributed by atoms with Gasteiger partial charge >= 0.3 is 0 Å². The van der Waals surface area contributed by atoms with Gasteiger partial charge in [0.15, 0.2) is 0 Å². The lowest BCUT2D eigenvalue weighted by Crippen LogP contribution is -2.26. The van der Waals surface area contributed by atoms with Crippen LogP contribution in [0.5, 0.6) is 0 Å². The zero-order valence-corrected chi connectivity index (χ0v) is 12.6. The number of hydrogen-bond donors (Lipinski definition) is 1. The van der Waals surface area contributed by atoms with Gasteiger partial charge < -0.3 is 5.32 Å². The van der Waals surface area contributed by atoms with Gasteiger partial charge in [-0.05, 0) is 43.5 Å². The molecule has 1 unspecified atom stereocenters. The summed E-state index contributed by atoms with van der Waals surface area (Å²) >= 11 is 0. The van der Waals surface area contributed by atoms with Crippen molar-refractivity contribution in [1.29, 1.82) is 0 Å². The number of aryl methyl sites for hydroxylation is 2. The molecule has 0 aliphatic heterocycles. The third-order valence-electron chi connectivity index (χ3n) is 3.49. The molecule has 1 atom stereocenters. The van der Waals surface area contributed by atoms with Gasteiger partial charge in [-0.3, -0.25) is 9.67 Å². The van der Waals surface area contributed by atoms with E-state index in [0.717, 1.165) is 31.5 Å². The van der Waals surface area contributed by atoms with Gasteiger partial charge in [-0.15, -0.1) is 0 Å². The average molecular weight is 272 g/mol. The monoisotopic (exact) mass is 272 g/mol. The molecule has 2 aromatic heterocycles. The van der Waals surface area contributed by atoms with Crippen LogP contribution in [0.4, 0.5) is 0 Å². The molecule has 4 nitrogen and oxygen atoms in total. The maximum absolute atomic E-state index is 4.56. The fourth-order valence-corrected chi connectivity index (χ4v) is 2.40. The summed E-state index contributed by atoms with van der Waals surface area (Å²) in [5.74, 6) is 0. The zero-order valence-electron chi connectivity index (χ0n) is 12.6. The molecule has 0 saturated carbocycles. The Labute approximate surface area is 121 Å². The second-order valence-corrected chi connectivity index (χ2v) is 5.11. The first kappa shape index (κ1) is 14.7. The van der Waals surface area contributed by atoms with Gasteiger partial charge in [0.25, 0.3) is 0 Å². The Morgan fingerprint density at radius 3 is 2.80 bits per heavy atom. The zero-order chi connectivity index (χ0) is 14.4. The van der Waals surface area contributed by atoms with Crippen molar-refractivity contribution in [3.63, 3.8) is 0 Å². The summed E-state index contributed by atoms with van der Waals surface area (Å²) in [5, 5.41) is 8.18. The Bertz CT molecular complexity index is 519. The highest BCUT2D eigenvalue weighted by atomic mass is 15.3. The van der Waals surface area contributed by atoms with Crippen molar-refractivity contribution < 1.29 is 0 Å². The first-order valence-corrected chi connectivity index (χ1v) is 7.39. The summed E-state index contributed by atoms with van der Waals surface area (Å²) in [5.41, 5.74) is 3.65. The molecule has 0 radical (unpaired) electrons. The first-order valence-electron chi connectivity index (χ1n) is 7.39. The molecule has 2 aromatic rings. The lowest BCUT2D eigenvalue weighted by molar-refractivity contribution is 0.492. The highest BCUT2D eigenvalue weighted by molar-refractivity contribution is 5.19. The van der Waals surface area contributed by atoms with E-state index in [1.165, 1.54) is 11.3 Å². The Morgan fingerprint density at radius 2 is 2.20 bits per heavy atom. The second kappa shape index (κ2) is 7.20. The molecule has 2 heterocycles. The van der Waals surface area contributed by atoms with Crippen molar-refractivity contribution in [2.45, 2.75) is 39.2 Å². The molecule has 0 amide bonds. The van der Waals surface area contributed by atoms with Crippen molar-refractivity contribution in [3.8, 4) is 0 Å². The van der Waals surface area contributed by atoms with Gasteiger partial charge in [0.1, 0.15) is 0 Å². The van der Waals surface area contributed by atoms with Crippen LogP contribution in [-0.2, 0) is 19.9 Å².